The SMILES string of the molecule is NC1CCC(N)CC1.[2H]C([2H])([2H])OCC(C)NC1CCC(N)CC1.[2H]C([2H])([2H])OCC(C)OS(=O)(=O)c1ccc(C)cc1. The van der Waals surface area contributed by atoms with Crippen LogP contribution in [0.15, 0.2) is 29.2 Å². The Balaban J connectivity index is 0.000000347. The number of methoxy groups -OCH3 is 2. The molecule has 37 heavy (non-hydrogen) atoms. The summed E-state index contributed by atoms with van der Waals surface area (Å²) in [5.41, 5.74) is 18.0. The molecule has 0 amide bonds. The van der Waals surface area contributed by atoms with Crippen molar-refractivity contribution in [2.45, 2.75) is 113 Å². The molecule has 0 heterocycles. The Bertz CT molecular complexity index is 989. The van der Waals surface area contributed by atoms with Gasteiger partial charge in [-0.15, -0.1) is 0 Å². The Labute approximate surface area is 233 Å². The Morgan fingerprint density at radius 1 is 0.865 bits per heavy atom. The largest absolute Gasteiger partial charge is 0.383 e. The van der Waals surface area contributed by atoms with E-state index in [-0.39, 0.29) is 24.2 Å². The zero-order valence-electron chi connectivity index (χ0n) is 28.5. The van der Waals surface area contributed by atoms with Gasteiger partial charge in [0, 0.05) is 44.3 Å². The maximum absolute atomic E-state index is 11.9. The number of hydrogen-bond acceptors (Lipinski definition) is 9. The van der Waals surface area contributed by atoms with Crippen molar-refractivity contribution in [3.63, 3.8) is 0 Å². The number of rotatable bonds is 9. The number of ether oxygens (including phenoxy) is 2. The fourth-order valence-electron chi connectivity index (χ4n) is 4.13. The van der Waals surface area contributed by atoms with Crippen LogP contribution in [-0.2, 0) is 23.8 Å². The van der Waals surface area contributed by atoms with E-state index in [9.17, 15) is 8.42 Å². The smallest absolute Gasteiger partial charge is 0.297 e. The molecule has 0 radical (unpaired) electrons. The summed E-state index contributed by atoms with van der Waals surface area (Å²) in [5, 5.41) is 3.38. The minimum atomic E-state index is -3.91. The molecule has 9 nitrogen and oxygen atoms in total. The van der Waals surface area contributed by atoms with E-state index in [0.717, 1.165) is 56.9 Å². The van der Waals surface area contributed by atoms with Gasteiger partial charge in [-0.05, 0) is 84.3 Å². The number of nitrogens with one attached hydrogen (secondary N) is 1. The monoisotopic (exact) mass is 550 g/mol. The highest BCUT2D eigenvalue weighted by Crippen LogP contribution is 2.17. The van der Waals surface area contributed by atoms with Crippen LogP contribution < -0.4 is 22.5 Å². The first kappa shape index (κ1) is 24.9. The molecular weight excluding hydrogens is 492 g/mol. The van der Waals surface area contributed by atoms with Crippen molar-refractivity contribution in [2.24, 2.45) is 17.2 Å². The van der Waals surface area contributed by atoms with Crippen LogP contribution in [0.5, 0.6) is 0 Å². The third-order valence-corrected chi connectivity index (χ3v) is 7.79. The molecule has 2 saturated carbocycles. The molecule has 216 valence electrons. The van der Waals surface area contributed by atoms with Crippen molar-refractivity contribution in [3.05, 3.63) is 29.8 Å². The third kappa shape index (κ3) is 15.2. The number of hydrogen-bond donors (Lipinski definition) is 4. The summed E-state index contributed by atoms with van der Waals surface area (Å²) in [6.07, 6.45) is 7.85. The first-order valence-electron chi connectivity index (χ1n) is 16.1. The number of nitrogens with two attached hydrogens (primary N) is 3. The minimum absolute atomic E-state index is 0.0267. The van der Waals surface area contributed by atoms with Gasteiger partial charge in [0.25, 0.3) is 10.1 Å². The molecule has 3 rings (SSSR count). The van der Waals surface area contributed by atoms with E-state index >= 15 is 0 Å². The van der Waals surface area contributed by atoms with Crippen LogP contribution >= 0.6 is 0 Å². The van der Waals surface area contributed by atoms with Gasteiger partial charge in [0.2, 0.25) is 0 Å². The van der Waals surface area contributed by atoms with Crippen molar-refractivity contribution in [2.75, 3.05) is 27.3 Å². The summed E-state index contributed by atoms with van der Waals surface area (Å²) < 4.78 is 79.2. The quantitative estimate of drug-likeness (QED) is 0.340. The second-order valence-corrected chi connectivity index (χ2v) is 11.7. The highest BCUT2D eigenvalue weighted by atomic mass is 32.2. The molecule has 0 spiro atoms. The molecule has 0 saturated heterocycles. The van der Waals surface area contributed by atoms with Crippen molar-refractivity contribution < 1.29 is 30.3 Å². The Hall–Kier alpha value is -1.11. The lowest BCUT2D eigenvalue weighted by molar-refractivity contribution is 0.0962. The van der Waals surface area contributed by atoms with Gasteiger partial charge < -0.3 is 32.0 Å². The van der Waals surface area contributed by atoms with E-state index in [1.165, 1.54) is 19.1 Å². The van der Waals surface area contributed by atoms with E-state index in [4.69, 9.17) is 34.3 Å². The topological polar surface area (TPSA) is 152 Å². The predicted octanol–water partition coefficient (Wildman–Crippen LogP) is 2.83. The van der Waals surface area contributed by atoms with Gasteiger partial charge in [-0.2, -0.15) is 8.42 Å². The van der Waals surface area contributed by atoms with Crippen LogP contribution in [0.3, 0.4) is 0 Å². The van der Waals surface area contributed by atoms with Gasteiger partial charge in [-0.3, -0.25) is 4.18 Å². The van der Waals surface area contributed by atoms with Crippen LogP contribution in [0.4, 0.5) is 0 Å². The first-order valence-corrected chi connectivity index (χ1v) is 14.5. The fourth-order valence-corrected chi connectivity index (χ4v) is 5.20. The normalized spacial score (nSPS) is 28.7. The first-order chi connectivity index (χ1) is 19.8. The molecule has 2 aliphatic rings. The molecule has 0 bridgehead atoms. The van der Waals surface area contributed by atoms with Crippen LogP contribution in [0.2, 0.25) is 0 Å². The summed E-state index contributed by atoms with van der Waals surface area (Å²) in [5.74, 6) is 0. The van der Waals surface area contributed by atoms with Crippen LogP contribution in [0.25, 0.3) is 0 Å². The summed E-state index contributed by atoms with van der Waals surface area (Å²) in [6, 6.07) is 7.91. The molecule has 2 atom stereocenters. The minimum Gasteiger partial charge on any atom is -0.383 e. The molecule has 2 unspecified atom stereocenters. The van der Waals surface area contributed by atoms with Crippen molar-refractivity contribution >= 4 is 10.1 Å². The van der Waals surface area contributed by atoms with Crippen LogP contribution in [0, 0.1) is 6.92 Å². The lowest BCUT2D eigenvalue weighted by Crippen LogP contribution is -2.43. The Morgan fingerprint density at radius 3 is 1.81 bits per heavy atom. The molecule has 7 N–H and O–H groups in total. The number of benzene rings is 1. The molecule has 1 aromatic rings. The standard InChI is InChI=1S/C11H16O4S.C10H22N2O.C6H14N2/c1-9-4-6-11(7-5-9)16(12,13)15-10(2)8-14-3;1-8(7-13-2)12-10-5-3-9(11)4-6-10;7-5-1-2-6(8)4-3-5/h4-7,10H,8H2,1-3H3;8-10,12H,3-7,11H2,1-2H3;5-6H,1-4,7-8H2/i3D3;2D3;. The van der Waals surface area contributed by atoms with Crippen LogP contribution in [-0.4, -0.2) is 72.0 Å². The zero-order chi connectivity index (χ0) is 32.8. The average molecular weight is 551 g/mol. The van der Waals surface area contributed by atoms with E-state index in [1.54, 1.807) is 12.1 Å². The van der Waals surface area contributed by atoms with Gasteiger partial charge in [-0.1, -0.05) is 17.7 Å². The molecule has 2 aliphatic carbocycles. The maximum Gasteiger partial charge on any atom is 0.297 e. The fraction of sp³-hybridized carbons (Fsp3) is 0.778. The summed E-state index contributed by atoms with van der Waals surface area (Å²) in [7, 11) is -8.76. The van der Waals surface area contributed by atoms with E-state index < -0.39 is 30.3 Å². The van der Waals surface area contributed by atoms with Crippen LogP contribution in [0.1, 0.15) is 79.0 Å². The van der Waals surface area contributed by atoms with E-state index in [0.29, 0.717) is 24.2 Å². The Kier molecular flexibility index (Phi) is 12.3. The average Bonchev–Trinajstić information content (AvgIpc) is 2.89. The molecule has 2 fully saturated rings. The van der Waals surface area contributed by atoms with Gasteiger partial charge in [0.15, 0.2) is 0 Å². The summed E-state index contributed by atoms with van der Waals surface area (Å²) in [6.45, 7) is 5.10. The highest BCUT2D eigenvalue weighted by molar-refractivity contribution is 7.86. The number of aryl methyl sites for hydroxylation is 1. The van der Waals surface area contributed by atoms with Crippen molar-refractivity contribution in [1.82, 2.24) is 5.32 Å². The highest BCUT2D eigenvalue weighted by Gasteiger charge is 2.20. The predicted molar refractivity (Wildman–Crippen MR) is 150 cm³/mol. The zero-order valence-corrected chi connectivity index (χ0v) is 23.3. The van der Waals surface area contributed by atoms with Crippen molar-refractivity contribution in [1.29, 1.82) is 0 Å². The molecule has 1 aromatic carbocycles. The second kappa shape index (κ2) is 18.2. The van der Waals surface area contributed by atoms with Crippen molar-refractivity contribution in [3.8, 4) is 0 Å². The van der Waals surface area contributed by atoms with E-state index in [2.05, 4.69) is 10.1 Å². The van der Waals surface area contributed by atoms with Gasteiger partial charge in [-0.25, -0.2) is 0 Å². The van der Waals surface area contributed by atoms with Gasteiger partial charge in [0.05, 0.1) is 32.4 Å². The lowest BCUT2D eigenvalue weighted by atomic mass is 9.91. The molecule has 0 aliphatic heterocycles. The lowest BCUT2D eigenvalue weighted by Gasteiger charge is -2.29. The summed E-state index contributed by atoms with van der Waals surface area (Å²) in [4.78, 5) is 0.0267. The molecular formula is C27H52N4O5S. The summed E-state index contributed by atoms with van der Waals surface area (Å²) >= 11 is 0. The third-order valence-electron chi connectivity index (χ3n) is 6.36. The Morgan fingerprint density at radius 2 is 1.32 bits per heavy atom. The molecule has 0 aromatic heterocycles. The van der Waals surface area contributed by atoms with Gasteiger partial charge in [0.1, 0.15) is 0 Å². The maximum atomic E-state index is 11.9. The second-order valence-electron chi connectivity index (χ2n) is 10.2. The van der Waals surface area contributed by atoms with Gasteiger partial charge >= 0.3 is 0 Å². The molecule has 10 heteroatoms. The van der Waals surface area contributed by atoms with E-state index in [1.807, 2.05) is 13.8 Å².